The Morgan fingerprint density at radius 3 is 2.62 bits per heavy atom. The van der Waals surface area contributed by atoms with E-state index < -0.39 is 28.8 Å². The molecule has 1 saturated carbocycles. The summed E-state index contributed by atoms with van der Waals surface area (Å²) in [6.45, 7) is 0. The van der Waals surface area contributed by atoms with Gasteiger partial charge in [-0.3, -0.25) is 14.2 Å². The third-order valence-corrected chi connectivity index (χ3v) is 4.57. The second kappa shape index (κ2) is 6.45. The number of methoxy groups -OCH3 is 1. The van der Waals surface area contributed by atoms with Crippen LogP contribution < -0.4 is 16.6 Å². The van der Waals surface area contributed by atoms with E-state index in [1.807, 2.05) is 0 Å². The quantitative estimate of drug-likeness (QED) is 0.625. The van der Waals surface area contributed by atoms with Gasteiger partial charge in [0.15, 0.2) is 0 Å². The number of nitrogens with zero attached hydrogens (tertiary/aromatic N) is 1. The maximum Gasteiger partial charge on any atom is 0.332 e. The van der Waals surface area contributed by atoms with Crippen molar-refractivity contribution in [2.24, 2.45) is 0 Å². The molecule has 0 bridgehead atoms. The second-order valence-electron chi connectivity index (χ2n) is 5.96. The number of nitrogens with one attached hydrogen (secondary N) is 1. The number of hydrogen-bond acceptors (Lipinski definition) is 5. The summed E-state index contributed by atoms with van der Waals surface area (Å²) in [5.74, 6) is -2.07. The Bertz CT molecular complexity index is 969. The molecule has 1 aliphatic carbocycles. The first kappa shape index (κ1) is 17.9. The van der Waals surface area contributed by atoms with Crippen LogP contribution in [0.2, 0.25) is 5.02 Å². The summed E-state index contributed by atoms with van der Waals surface area (Å²) >= 11 is 5.88. The number of nitrogen functional groups attached to an aromatic ring is 1. The van der Waals surface area contributed by atoms with Gasteiger partial charge in [-0.05, 0) is 31.0 Å². The van der Waals surface area contributed by atoms with Gasteiger partial charge in [0.05, 0.1) is 17.8 Å². The summed E-state index contributed by atoms with van der Waals surface area (Å²) in [7, 11) is 1.19. The lowest BCUT2D eigenvalue weighted by Gasteiger charge is -2.17. The van der Waals surface area contributed by atoms with Gasteiger partial charge in [-0.25, -0.2) is 9.18 Å². The molecule has 0 saturated heterocycles. The highest BCUT2D eigenvalue weighted by atomic mass is 35.5. The van der Waals surface area contributed by atoms with Crippen molar-refractivity contribution < 1.29 is 18.7 Å². The molecule has 1 aromatic carbocycles. The summed E-state index contributed by atoms with van der Waals surface area (Å²) in [4.78, 5) is 36.9. The van der Waals surface area contributed by atoms with Crippen LogP contribution >= 0.6 is 11.6 Å². The fraction of sp³-hybridized carbons (Fsp3) is 0.235. The molecular weight excluding hydrogens is 365 g/mol. The van der Waals surface area contributed by atoms with Crippen LogP contribution in [0.4, 0.5) is 15.8 Å². The van der Waals surface area contributed by atoms with Crippen LogP contribution in [-0.4, -0.2) is 23.6 Å². The van der Waals surface area contributed by atoms with Gasteiger partial charge < -0.3 is 15.8 Å². The average molecular weight is 380 g/mol. The molecule has 3 N–H and O–H groups in total. The summed E-state index contributed by atoms with van der Waals surface area (Å²) in [6.07, 6.45) is 1.63. The van der Waals surface area contributed by atoms with Crippen LogP contribution in [0, 0.1) is 5.82 Å². The molecule has 0 unspecified atom stereocenters. The molecule has 1 amide bonds. The minimum Gasteiger partial charge on any atom is -0.467 e. The first-order valence-corrected chi connectivity index (χ1v) is 8.04. The number of nitrogens with two attached hydrogens (primary N) is 1. The van der Waals surface area contributed by atoms with Crippen molar-refractivity contribution >= 4 is 34.9 Å². The van der Waals surface area contributed by atoms with Gasteiger partial charge in [0.25, 0.3) is 11.5 Å². The maximum atomic E-state index is 14.0. The molecule has 136 valence electrons. The van der Waals surface area contributed by atoms with E-state index in [4.69, 9.17) is 22.1 Å². The molecule has 7 nitrogen and oxygen atoms in total. The lowest BCUT2D eigenvalue weighted by Crippen LogP contribution is -2.38. The largest absolute Gasteiger partial charge is 0.467 e. The highest BCUT2D eigenvalue weighted by molar-refractivity contribution is 6.33. The van der Waals surface area contributed by atoms with Crippen molar-refractivity contribution in [3.05, 3.63) is 57.2 Å². The fourth-order valence-electron chi connectivity index (χ4n) is 2.67. The number of pyridine rings is 1. The lowest BCUT2D eigenvalue weighted by molar-refractivity contribution is -0.146. The normalized spacial score (nSPS) is 14.6. The van der Waals surface area contributed by atoms with Crippen molar-refractivity contribution in [2.45, 2.75) is 18.4 Å². The number of anilines is 2. The number of carbonyl (C=O) groups excluding carboxylic acids is 2. The zero-order valence-electron chi connectivity index (χ0n) is 13.7. The summed E-state index contributed by atoms with van der Waals surface area (Å²) in [5, 5.41) is 2.53. The number of amides is 1. The van der Waals surface area contributed by atoms with Crippen LogP contribution in [0.5, 0.6) is 0 Å². The monoisotopic (exact) mass is 379 g/mol. The predicted octanol–water partition coefficient (Wildman–Crippen LogP) is 2.14. The smallest absolute Gasteiger partial charge is 0.332 e. The SMILES string of the molecule is COC(=O)C1(n2cc(F)cc(NC(=O)c3ccc(N)c(Cl)c3)c2=O)CC1. The summed E-state index contributed by atoms with van der Waals surface area (Å²) in [6, 6.07) is 5.09. The Kier molecular flexibility index (Phi) is 4.45. The number of ether oxygens (including phenoxy) is 1. The van der Waals surface area contributed by atoms with Gasteiger partial charge in [0.2, 0.25) is 0 Å². The summed E-state index contributed by atoms with van der Waals surface area (Å²) in [5.41, 5.74) is 3.81. The number of aromatic nitrogens is 1. The minimum atomic E-state index is -1.22. The van der Waals surface area contributed by atoms with E-state index in [-0.39, 0.29) is 16.3 Å². The van der Waals surface area contributed by atoms with Gasteiger partial charge in [0.1, 0.15) is 17.0 Å². The lowest BCUT2D eigenvalue weighted by atomic mass is 10.2. The zero-order valence-corrected chi connectivity index (χ0v) is 14.5. The molecule has 1 aromatic heterocycles. The van der Waals surface area contributed by atoms with E-state index in [1.54, 1.807) is 0 Å². The van der Waals surface area contributed by atoms with Crippen LogP contribution in [-0.2, 0) is 15.1 Å². The van der Waals surface area contributed by atoms with Crippen molar-refractivity contribution in [1.82, 2.24) is 4.57 Å². The van der Waals surface area contributed by atoms with Crippen molar-refractivity contribution in [2.75, 3.05) is 18.2 Å². The second-order valence-corrected chi connectivity index (χ2v) is 6.37. The van der Waals surface area contributed by atoms with E-state index in [9.17, 15) is 18.8 Å². The average Bonchev–Trinajstić information content (AvgIpc) is 3.41. The third-order valence-electron chi connectivity index (χ3n) is 4.24. The first-order chi connectivity index (χ1) is 12.3. The molecule has 0 aliphatic heterocycles. The topological polar surface area (TPSA) is 103 Å². The van der Waals surface area contributed by atoms with Gasteiger partial charge in [0, 0.05) is 17.8 Å². The number of benzene rings is 1. The Morgan fingerprint density at radius 1 is 1.35 bits per heavy atom. The van der Waals surface area contributed by atoms with Crippen molar-refractivity contribution in [3.8, 4) is 0 Å². The minimum absolute atomic E-state index is 0.147. The molecule has 0 radical (unpaired) electrons. The van der Waals surface area contributed by atoms with Crippen LogP contribution in [0.1, 0.15) is 23.2 Å². The Morgan fingerprint density at radius 2 is 2.04 bits per heavy atom. The molecule has 0 spiro atoms. The third kappa shape index (κ3) is 3.03. The van der Waals surface area contributed by atoms with E-state index >= 15 is 0 Å². The highest BCUT2D eigenvalue weighted by Gasteiger charge is 2.54. The van der Waals surface area contributed by atoms with E-state index in [0.717, 1.165) is 16.8 Å². The molecule has 2 aromatic rings. The highest BCUT2D eigenvalue weighted by Crippen LogP contribution is 2.43. The molecule has 1 aliphatic rings. The van der Waals surface area contributed by atoms with Gasteiger partial charge in [-0.1, -0.05) is 11.6 Å². The number of esters is 1. The van der Waals surface area contributed by atoms with E-state index in [2.05, 4.69) is 5.32 Å². The standard InChI is InChI=1S/C17H15ClFN3O4/c1-26-16(25)17(4-5-17)22-8-10(19)7-13(15(22)24)21-14(23)9-2-3-12(20)11(18)6-9/h2-3,6-8H,4-5,20H2,1H3,(H,21,23). The van der Waals surface area contributed by atoms with Crippen LogP contribution in [0.3, 0.4) is 0 Å². The molecular formula is C17H15ClFN3O4. The van der Waals surface area contributed by atoms with Crippen molar-refractivity contribution in [3.63, 3.8) is 0 Å². The van der Waals surface area contributed by atoms with Crippen molar-refractivity contribution in [1.29, 1.82) is 0 Å². The van der Waals surface area contributed by atoms with Gasteiger partial charge >= 0.3 is 5.97 Å². The zero-order chi connectivity index (χ0) is 19.1. The van der Waals surface area contributed by atoms with E-state index in [1.165, 1.54) is 25.3 Å². The Hall–Kier alpha value is -2.87. The molecule has 26 heavy (non-hydrogen) atoms. The molecule has 1 fully saturated rings. The van der Waals surface area contributed by atoms with E-state index in [0.29, 0.717) is 18.5 Å². The number of carbonyl (C=O) groups is 2. The van der Waals surface area contributed by atoms with Gasteiger partial charge in [-0.15, -0.1) is 0 Å². The molecule has 0 atom stereocenters. The number of hydrogen-bond donors (Lipinski definition) is 2. The molecule has 1 heterocycles. The fourth-order valence-corrected chi connectivity index (χ4v) is 2.85. The van der Waals surface area contributed by atoms with Gasteiger partial charge in [-0.2, -0.15) is 0 Å². The number of rotatable bonds is 4. The number of halogens is 2. The van der Waals surface area contributed by atoms with Crippen LogP contribution in [0.25, 0.3) is 0 Å². The predicted molar refractivity (Wildman–Crippen MR) is 93.7 cm³/mol. The molecule has 9 heteroatoms. The Labute approximate surface area is 152 Å². The maximum absolute atomic E-state index is 14.0. The first-order valence-electron chi connectivity index (χ1n) is 7.66. The van der Waals surface area contributed by atoms with Crippen LogP contribution in [0.15, 0.2) is 35.3 Å². The Balaban J connectivity index is 1.96. The summed E-state index contributed by atoms with van der Waals surface area (Å²) < 4.78 is 19.7. The molecule has 3 rings (SSSR count).